The lowest BCUT2D eigenvalue weighted by atomic mass is 9.97. The second-order valence-corrected chi connectivity index (χ2v) is 9.99. The number of hydrogen-bond acceptors (Lipinski definition) is 4. The Hall–Kier alpha value is -2.02. The molecule has 2 aliphatic rings. The van der Waals surface area contributed by atoms with E-state index in [4.69, 9.17) is 9.47 Å². The van der Waals surface area contributed by atoms with Crippen LogP contribution in [0.15, 0.2) is 53.4 Å². The largest absolute Gasteiger partial charge is 0.343 e. The van der Waals surface area contributed by atoms with Crippen LogP contribution in [0.2, 0.25) is 0 Å². The maximum atomic E-state index is 11.8. The van der Waals surface area contributed by atoms with Gasteiger partial charge in [0.15, 0.2) is 21.8 Å². The van der Waals surface area contributed by atoms with E-state index in [1.54, 1.807) is 12.1 Å². The molecule has 2 atom stereocenters. The van der Waals surface area contributed by atoms with Gasteiger partial charge in [-0.3, -0.25) is 0 Å². The highest BCUT2D eigenvalue weighted by Gasteiger charge is 2.43. The number of fused-ring (bicyclic) bond motifs is 1. The van der Waals surface area contributed by atoms with Crippen LogP contribution in [0.5, 0.6) is 0 Å². The molecule has 2 aromatic carbocycles. The molecular formula is C22H26NO4S+. The minimum Gasteiger partial charge on any atom is -0.343 e. The third-order valence-electron chi connectivity index (χ3n) is 5.42. The number of benzene rings is 2. The topological polar surface area (TPSA) is 55.6 Å². The second-order valence-electron chi connectivity index (χ2n) is 7.97. The van der Waals surface area contributed by atoms with Crippen LogP contribution in [0, 0.1) is 0 Å². The lowest BCUT2D eigenvalue weighted by molar-refractivity contribution is -0.595. The maximum absolute atomic E-state index is 11.8. The minimum absolute atomic E-state index is 0.0189. The van der Waals surface area contributed by atoms with Crippen LogP contribution >= 0.6 is 0 Å². The molecule has 0 bridgehead atoms. The van der Waals surface area contributed by atoms with Gasteiger partial charge in [-0.1, -0.05) is 30.3 Å². The lowest BCUT2D eigenvalue weighted by Crippen LogP contribution is -2.50. The maximum Gasteiger partial charge on any atom is 0.206 e. The summed E-state index contributed by atoms with van der Waals surface area (Å²) in [6, 6.07) is 15.5. The average Bonchev–Trinajstić information content (AvgIpc) is 2.66. The number of ether oxygens (including phenoxy) is 2. The van der Waals surface area contributed by atoms with Crippen molar-refractivity contribution < 1.29 is 22.5 Å². The van der Waals surface area contributed by atoms with Crippen molar-refractivity contribution in [2.45, 2.75) is 43.1 Å². The van der Waals surface area contributed by atoms with Gasteiger partial charge in [0.05, 0.1) is 4.90 Å². The SMILES string of the molecule is CC1(C)OCC([N+]2=Cc3ccccc3CC2)[C@H](c2ccc(S(C)(=O)=O)cc2)O1. The summed E-state index contributed by atoms with van der Waals surface area (Å²) in [4.78, 5) is 0.317. The molecule has 0 aliphatic carbocycles. The van der Waals surface area contributed by atoms with Gasteiger partial charge in [-0.2, -0.15) is 0 Å². The van der Waals surface area contributed by atoms with E-state index in [1.807, 2.05) is 26.0 Å². The van der Waals surface area contributed by atoms with Crippen molar-refractivity contribution in [3.63, 3.8) is 0 Å². The molecule has 2 aliphatic heterocycles. The number of sulfone groups is 1. The molecular weight excluding hydrogens is 374 g/mol. The molecule has 0 radical (unpaired) electrons. The Bertz CT molecular complexity index is 1010. The van der Waals surface area contributed by atoms with Crippen LogP contribution in [0.1, 0.15) is 36.6 Å². The second kappa shape index (κ2) is 7.10. The molecule has 0 amide bonds. The highest BCUT2D eigenvalue weighted by molar-refractivity contribution is 7.90. The molecule has 0 N–H and O–H groups in total. The summed E-state index contributed by atoms with van der Waals surface area (Å²) in [5, 5.41) is 0. The van der Waals surface area contributed by atoms with Crippen LogP contribution in [-0.4, -0.2) is 50.4 Å². The Balaban J connectivity index is 1.69. The van der Waals surface area contributed by atoms with E-state index < -0.39 is 15.6 Å². The minimum atomic E-state index is -3.22. The molecule has 6 heteroatoms. The summed E-state index contributed by atoms with van der Waals surface area (Å²) < 4.78 is 38.1. The van der Waals surface area contributed by atoms with Gasteiger partial charge >= 0.3 is 0 Å². The Morgan fingerprint density at radius 2 is 1.79 bits per heavy atom. The number of rotatable bonds is 3. The van der Waals surface area contributed by atoms with E-state index in [0.717, 1.165) is 18.5 Å². The number of hydrogen-bond donors (Lipinski definition) is 0. The van der Waals surface area contributed by atoms with Crippen LogP contribution in [0.25, 0.3) is 0 Å². The van der Waals surface area contributed by atoms with E-state index in [0.29, 0.717) is 11.5 Å². The van der Waals surface area contributed by atoms with Crippen molar-refractivity contribution in [2.75, 3.05) is 19.4 Å². The molecule has 148 valence electrons. The zero-order chi connectivity index (χ0) is 19.9. The van der Waals surface area contributed by atoms with Crippen LogP contribution in [-0.2, 0) is 25.7 Å². The van der Waals surface area contributed by atoms with E-state index in [9.17, 15) is 8.42 Å². The van der Waals surface area contributed by atoms with Gasteiger partial charge in [0.2, 0.25) is 6.04 Å². The monoisotopic (exact) mass is 400 g/mol. The molecule has 5 nitrogen and oxygen atoms in total. The van der Waals surface area contributed by atoms with Gasteiger partial charge in [0.25, 0.3) is 0 Å². The molecule has 0 aromatic heterocycles. The van der Waals surface area contributed by atoms with E-state index in [-0.39, 0.29) is 12.1 Å². The first-order valence-electron chi connectivity index (χ1n) is 9.53. The molecule has 1 unspecified atom stereocenters. The zero-order valence-corrected chi connectivity index (χ0v) is 17.3. The summed E-state index contributed by atoms with van der Waals surface area (Å²) in [5.41, 5.74) is 3.54. The van der Waals surface area contributed by atoms with E-state index >= 15 is 0 Å². The quantitative estimate of drug-likeness (QED) is 0.744. The van der Waals surface area contributed by atoms with E-state index in [2.05, 4.69) is 35.1 Å². The van der Waals surface area contributed by atoms with Gasteiger partial charge in [0, 0.05) is 18.2 Å². The van der Waals surface area contributed by atoms with Crippen LogP contribution in [0.3, 0.4) is 0 Å². The third-order valence-corrected chi connectivity index (χ3v) is 6.55. The highest BCUT2D eigenvalue weighted by Crippen LogP contribution is 2.35. The standard InChI is InChI=1S/C22H26NO4S/c1-22(2)26-15-20(23-13-12-16-6-4-5-7-18(16)14-23)21(27-22)17-8-10-19(11-9-17)28(3,24)25/h4-11,14,20-21H,12-13,15H2,1-3H3/q+1/t20?,21-/m0/s1. The first-order chi connectivity index (χ1) is 13.2. The molecule has 1 fully saturated rings. The zero-order valence-electron chi connectivity index (χ0n) is 16.5. The third kappa shape index (κ3) is 3.90. The van der Waals surface area contributed by atoms with Gasteiger partial charge < -0.3 is 9.47 Å². The fourth-order valence-electron chi connectivity index (χ4n) is 3.90. The molecule has 1 saturated heterocycles. The fourth-order valence-corrected chi connectivity index (χ4v) is 4.53. The average molecular weight is 401 g/mol. The molecule has 28 heavy (non-hydrogen) atoms. The molecule has 4 rings (SSSR count). The molecule has 2 heterocycles. The summed E-state index contributed by atoms with van der Waals surface area (Å²) >= 11 is 0. The Labute approximate surface area is 166 Å². The van der Waals surface area contributed by atoms with Crippen molar-refractivity contribution >= 4 is 16.1 Å². The van der Waals surface area contributed by atoms with Crippen molar-refractivity contribution in [3.05, 3.63) is 65.2 Å². The first kappa shape index (κ1) is 19.3. The van der Waals surface area contributed by atoms with Crippen LogP contribution in [0.4, 0.5) is 0 Å². The molecule has 2 aromatic rings. The van der Waals surface area contributed by atoms with Gasteiger partial charge in [0.1, 0.15) is 19.3 Å². The number of nitrogens with zero attached hydrogens (tertiary/aromatic N) is 1. The smallest absolute Gasteiger partial charge is 0.206 e. The highest BCUT2D eigenvalue weighted by atomic mass is 32.2. The molecule has 0 saturated carbocycles. The summed E-state index contributed by atoms with van der Waals surface area (Å²) in [5.74, 6) is -0.690. The Kier molecular flexibility index (Phi) is 4.89. The van der Waals surface area contributed by atoms with E-state index in [1.165, 1.54) is 17.4 Å². The van der Waals surface area contributed by atoms with Crippen molar-refractivity contribution in [2.24, 2.45) is 0 Å². The molecule has 0 spiro atoms. The van der Waals surface area contributed by atoms with Crippen molar-refractivity contribution in [3.8, 4) is 0 Å². The van der Waals surface area contributed by atoms with Gasteiger partial charge in [-0.05, 0) is 43.2 Å². The Morgan fingerprint density at radius 1 is 1.07 bits per heavy atom. The first-order valence-corrected chi connectivity index (χ1v) is 11.4. The van der Waals surface area contributed by atoms with Gasteiger partial charge in [-0.25, -0.2) is 13.0 Å². The normalized spacial score (nSPS) is 24.3. The lowest BCUT2D eigenvalue weighted by Gasteiger charge is -2.39. The van der Waals surface area contributed by atoms with Crippen LogP contribution < -0.4 is 0 Å². The summed E-state index contributed by atoms with van der Waals surface area (Å²) in [6.07, 6.45) is 4.18. The van der Waals surface area contributed by atoms with Crippen molar-refractivity contribution in [1.29, 1.82) is 0 Å². The summed E-state index contributed by atoms with van der Waals surface area (Å²) in [7, 11) is -3.22. The predicted molar refractivity (Wildman–Crippen MR) is 108 cm³/mol. The summed E-state index contributed by atoms with van der Waals surface area (Å²) in [6.45, 7) is 5.27. The van der Waals surface area contributed by atoms with Crippen molar-refractivity contribution in [1.82, 2.24) is 0 Å². The Morgan fingerprint density at radius 3 is 2.50 bits per heavy atom. The predicted octanol–water partition coefficient (Wildman–Crippen LogP) is 2.97. The fraction of sp³-hybridized carbons (Fsp3) is 0.409. The van der Waals surface area contributed by atoms with Gasteiger partial charge in [-0.15, -0.1) is 0 Å².